The molecule has 0 aliphatic rings. The molecule has 0 saturated carbocycles. The Balaban J connectivity index is 2.22. The molecule has 4 heteroatoms. The fraction of sp³-hybridized carbons (Fsp3) is 0.0909. The van der Waals surface area contributed by atoms with Crippen LogP contribution in [0.5, 0.6) is 0 Å². The van der Waals surface area contributed by atoms with Gasteiger partial charge in [0, 0.05) is 6.20 Å². The van der Waals surface area contributed by atoms with Crippen molar-refractivity contribution in [3.63, 3.8) is 0 Å². The normalized spacial score (nSPS) is 9.93. The Labute approximate surface area is 88.2 Å². The van der Waals surface area contributed by atoms with Crippen molar-refractivity contribution >= 4 is 17.2 Å². The van der Waals surface area contributed by atoms with Crippen LogP contribution in [0.4, 0.5) is 17.2 Å². The number of rotatable bonds is 2. The van der Waals surface area contributed by atoms with E-state index in [1.54, 1.807) is 18.5 Å². The van der Waals surface area contributed by atoms with Gasteiger partial charge in [-0.25, -0.2) is 4.98 Å². The van der Waals surface area contributed by atoms with Gasteiger partial charge in [-0.2, -0.15) is 0 Å². The number of aromatic nitrogens is 2. The third-order valence-corrected chi connectivity index (χ3v) is 2.06. The van der Waals surface area contributed by atoms with Crippen molar-refractivity contribution in [2.45, 2.75) is 6.92 Å². The first kappa shape index (κ1) is 9.45. The molecule has 2 rings (SSSR count). The van der Waals surface area contributed by atoms with E-state index in [0.29, 0.717) is 5.69 Å². The van der Waals surface area contributed by atoms with Crippen LogP contribution in [0.2, 0.25) is 0 Å². The average molecular weight is 200 g/mol. The quantitative estimate of drug-likeness (QED) is 0.779. The molecule has 2 aromatic heterocycles. The third kappa shape index (κ3) is 2.22. The molecule has 0 aromatic carbocycles. The SMILES string of the molecule is Cc1ncccc1Nc1ccc(N)cn1. The van der Waals surface area contributed by atoms with E-state index in [9.17, 15) is 0 Å². The van der Waals surface area contributed by atoms with Gasteiger partial charge < -0.3 is 11.1 Å². The second-order valence-corrected chi connectivity index (χ2v) is 3.24. The van der Waals surface area contributed by atoms with Crippen LogP contribution in [0.25, 0.3) is 0 Å². The lowest BCUT2D eigenvalue weighted by Gasteiger charge is -2.07. The molecular weight excluding hydrogens is 188 g/mol. The maximum Gasteiger partial charge on any atom is 0.130 e. The summed E-state index contributed by atoms with van der Waals surface area (Å²) in [7, 11) is 0. The summed E-state index contributed by atoms with van der Waals surface area (Å²) in [6, 6.07) is 7.48. The molecule has 0 spiro atoms. The van der Waals surface area contributed by atoms with Gasteiger partial charge in [0.05, 0.1) is 23.3 Å². The van der Waals surface area contributed by atoms with Gasteiger partial charge in [-0.15, -0.1) is 0 Å². The Morgan fingerprint density at radius 2 is 2.07 bits per heavy atom. The van der Waals surface area contributed by atoms with E-state index in [0.717, 1.165) is 17.2 Å². The number of hydrogen-bond donors (Lipinski definition) is 2. The van der Waals surface area contributed by atoms with Gasteiger partial charge in [-0.3, -0.25) is 4.98 Å². The standard InChI is InChI=1S/C11H12N4/c1-8-10(3-2-6-13-8)15-11-5-4-9(12)7-14-11/h2-7H,12H2,1H3,(H,14,15). The van der Waals surface area contributed by atoms with Crippen LogP contribution >= 0.6 is 0 Å². The van der Waals surface area contributed by atoms with Gasteiger partial charge in [0.25, 0.3) is 0 Å². The zero-order valence-corrected chi connectivity index (χ0v) is 8.44. The lowest BCUT2D eigenvalue weighted by molar-refractivity contribution is 1.19. The van der Waals surface area contributed by atoms with Crippen LogP contribution in [0.1, 0.15) is 5.69 Å². The Morgan fingerprint density at radius 3 is 2.73 bits per heavy atom. The molecular formula is C11H12N4. The van der Waals surface area contributed by atoms with Gasteiger partial charge in [-0.05, 0) is 31.2 Å². The van der Waals surface area contributed by atoms with Crippen LogP contribution in [0.15, 0.2) is 36.7 Å². The minimum absolute atomic E-state index is 0.656. The van der Waals surface area contributed by atoms with E-state index >= 15 is 0 Å². The summed E-state index contributed by atoms with van der Waals surface area (Å²) < 4.78 is 0. The van der Waals surface area contributed by atoms with Gasteiger partial charge in [0.1, 0.15) is 5.82 Å². The van der Waals surface area contributed by atoms with E-state index in [4.69, 9.17) is 5.73 Å². The predicted molar refractivity (Wildman–Crippen MR) is 60.9 cm³/mol. The zero-order chi connectivity index (χ0) is 10.7. The summed E-state index contributed by atoms with van der Waals surface area (Å²) in [5.41, 5.74) is 8.10. The minimum atomic E-state index is 0.656. The fourth-order valence-corrected chi connectivity index (χ4v) is 1.23. The first-order chi connectivity index (χ1) is 7.25. The van der Waals surface area contributed by atoms with E-state index in [1.165, 1.54) is 0 Å². The number of nitrogens with one attached hydrogen (secondary N) is 1. The van der Waals surface area contributed by atoms with Gasteiger partial charge in [0.15, 0.2) is 0 Å². The summed E-state index contributed by atoms with van der Waals surface area (Å²) in [5, 5.41) is 3.17. The summed E-state index contributed by atoms with van der Waals surface area (Å²) in [4.78, 5) is 8.33. The van der Waals surface area contributed by atoms with E-state index < -0.39 is 0 Å². The fourth-order valence-electron chi connectivity index (χ4n) is 1.23. The van der Waals surface area contributed by atoms with Gasteiger partial charge in [0.2, 0.25) is 0 Å². The van der Waals surface area contributed by atoms with Crippen molar-refractivity contribution in [2.24, 2.45) is 0 Å². The highest BCUT2D eigenvalue weighted by atomic mass is 15.0. The molecule has 4 nitrogen and oxygen atoms in total. The molecule has 76 valence electrons. The van der Waals surface area contributed by atoms with Crippen molar-refractivity contribution in [1.29, 1.82) is 0 Å². The highest BCUT2D eigenvalue weighted by Crippen LogP contribution is 2.16. The summed E-state index contributed by atoms with van der Waals surface area (Å²) >= 11 is 0. The van der Waals surface area contributed by atoms with Crippen molar-refractivity contribution in [2.75, 3.05) is 11.1 Å². The Hall–Kier alpha value is -2.10. The van der Waals surface area contributed by atoms with Crippen molar-refractivity contribution in [1.82, 2.24) is 9.97 Å². The number of anilines is 3. The molecule has 0 aliphatic carbocycles. The lowest BCUT2D eigenvalue weighted by atomic mass is 10.3. The summed E-state index contributed by atoms with van der Waals surface area (Å²) in [6.45, 7) is 1.94. The number of nitrogen functional groups attached to an aromatic ring is 1. The van der Waals surface area contributed by atoms with E-state index in [-0.39, 0.29) is 0 Å². The lowest BCUT2D eigenvalue weighted by Crippen LogP contribution is -1.97. The molecule has 0 radical (unpaired) electrons. The maximum absolute atomic E-state index is 5.55. The zero-order valence-electron chi connectivity index (χ0n) is 8.44. The second-order valence-electron chi connectivity index (χ2n) is 3.24. The largest absolute Gasteiger partial charge is 0.397 e. The molecule has 2 heterocycles. The third-order valence-electron chi connectivity index (χ3n) is 2.06. The van der Waals surface area contributed by atoms with Gasteiger partial charge >= 0.3 is 0 Å². The first-order valence-electron chi connectivity index (χ1n) is 4.66. The van der Waals surface area contributed by atoms with Gasteiger partial charge in [-0.1, -0.05) is 0 Å². The van der Waals surface area contributed by atoms with Crippen molar-refractivity contribution < 1.29 is 0 Å². The van der Waals surface area contributed by atoms with Crippen LogP contribution in [0, 0.1) is 6.92 Å². The maximum atomic E-state index is 5.55. The number of nitrogens with two attached hydrogens (primary N) is 1. The average Bonchev–Trinajstić information content (AvgIpc) is 2.25. The summed E-state index contributed by atoms with van der Waals surface area (Å²) in [6.07, 6.45) is 3.38. The molecule has 15 heavy (non-hydrogen) atoms. The van der Waals surface area contributed by atoms with E-state index in [2.05, 4.69) is 15.3 Å². The molecule has 0 aliphatic heterocycles. The molecule has 0 fully saturated rings. The summed E-state index contributed by atoms with van der Waals surface area (Å²) in [5.74, 6) is 0.764. The van der Waals surface area contributed by atoms with Crippen molar-refractivity contribution in [3.8, 4) is 0 Å². The van der Waals surface area contributed by atoms with Crippen molar-refractivity contribution in [3.05, 3.63) is 42.4 Å². The Bertz CT molecular complexity index is 450. The number of hydrogen-bond acceptors (Lipinski definition) is 4. The topological polar surface area (TPSA) is 63.8 Å². The molecule has 0 atom stereocenters. The molecule has 0 unspecified atom stereocenters. The molecule has 0 bridgehead atoms. The first-order valence-corrected chi connectivity index (χ1v) is 4.66. The second kappa shape index (κ2) is 3.96. The highest BCUT2D eigenvalue weighted by Gasteiger charge is 1.98. The van der Waals surface area contributed by atoms with Crippen LogP contribution in [-0.2, 0) is 0 Å². The number of aryl methyl sites for hydroxylation is 1. The Kier molecular flexibility index (Phi) is 2.49. The highest BCUT2D eigenvalue weighted by molar-refractivity contribution is 5.59. The van der Waals surface area contributed by atoms with E-state index in [1.807, 2.05) is 25.1 Å². The van der Waals surface area contributed by atoms with Crippen LogP contribution < -0.4 is 11.1 Å². The minimum Gasteiger partial charge on any atom is -0.397 e. The monoisotopic (exact) mass is 200 g/mol. The smallest absolute Gasteiger partial charge is 0.130 e. The Morgan fingerprint density at radius 1 is 1.20 bits per heavy atom. The molecule has 0 amide bonds. The predicted octanol–water partition coefficient (Wildman–Crippen LogP) is 2.11. The molecule has 3 N–H and O–H groups in total. The molecule has 0 saturated heterocycles. The number of pyridine rings is 2. The molecule has 2 aromatic rings. The van der Waals surface area contributed by atoms with Crippen LogP contribution in [0.3, 0.4) is 0 Å². The van der Waals surface area contributed by atoms with Crippen LogP contribution in [-0.4, -0.2) is 9.97 Å². The number of nitrogens with zero attached hydrogens (tertiary/aromatic N) is 2.